The van der Waals surface area contributed by atoms with Gasteiger partial charge in [0.25, 0.3) is 0 Å². The molecule has 0 aliphatic rings. The molecular weight excluding hydrogens is 284 g/mol. The predicted molar refractivity (Wildman–Crippen MR) is 75.3 cm³/mol. The lowest BCUT2D eigenvalue weighted by molar-refractivity contribution is 0.414. The normalized spacial score (nSPS) is 12.2. The molecule has 20 heavy (non-hydrogen) atoms. The van der Waals surface area contributed by atoms with Gasteiger partial charge in [0.2, 0.25) is 0 Å². The number of hydrogen-bond acceptors (Lipinski definition) is 2. The fraction of sp³-hybridized carbons (Fsp3) is 0.200. The Kier molecular flexibility index (Phi) is 4.57. The van der Waals surface area contributed by atoms with E-state index < -0.39 is 17.7 Å². The molecule has 1 N–H and O–H groups in total. The molecule has 0 bridgehead atoms. The molecule has 0 saturated carbocycles. The van der Waals surface area contributed by atoms with Gasteiger partial charge in [-0.15, -0.1) is 0 Å². The van der Waals surface area contributed by atoms with E-state index in [2.05, 4.69) is 5.32 Å². The fourth-order valence-electron chi connectivity index (χ4n) is 2.10. The molecule has 0 spiro atoms. The van der Waals surface area contributed by atoms with Gasteiger partial charge in [-0.3, -0.25) is 0 Å². The van der Waals surface area contributed by atoms with Gasteiger partial charge in [-0.05, 0) is 30.8 Å². The molecule has 2 aromatic carbocycles. The van der Waals surface area contributed by atoms with E-state index in [4.69, 9.17) is 16.3 Å². The summed E-state index contributed by atoms with van der Waals surface area (Å²) in [6, 6.07) is 8.30. The summed E-state index contributed by atoms with van der Waals surface area (Å²) >= 11 is 6.08. The van der Waals surface area contributed by atoms with E-state index in [0.29, 0.717) is 16.3 Å². The monoisotopic (exact) mass is 297 g/mol. The Labute approximate surface area is 121 Å². The largest absolute Gasteiger partial charge is 0.495 e. The summed E-state index contributed by atoms with van der Waals surface area (Å²) in [5, 5.41) is 3.44. The third-order valence-electron chi connectivity index (χ3n) is 3.07. The van der Waals surface area contributed by atoms with Crippen molar-refractivity contribution < 1.29 is 13.5 Å². The highest BCUT2D eigenvalue weighted by atomic mass is 35.5. The lowest BCUT2D eigenvalue weighted by Crippen LogP contribution is -2.19. The maximum Gasteiger partial charge on any atom is 0.137 e. The van der Waals surface area contributed by atoms with Gasteiger partial charge in [0.1, 0.15) is 17.4 Å². The first-order valence-electron chi connectivity index (χ1n) is 6.02. The van der Waals surface area contributed by atoms with E-state index in [1.54, 1.807) is 25.2 Å². The molecule has 0 radical (unpaired) electrons. The van der Waals surface area contributed by atoms with Crippen molar-refractivity contribution in [2.75, 3.05) is 14.2 Å². The molecule has 0 heterocycles. The fourth-order valence-corrected chi connectivity index (χ4v) is 2.37. The van der Waals surface area contributed by atoms with Crippen LogP contribution in [0.1, 0.15) is 17.2 Å². The number of benzene rings is 2. The minimum atomic E-state index is -0.603. The van der Waals surface area contributed by atoms with Crippen molar-refractivity contribution in [1.29, 1.82) is 0 Å². The highest BCUT2D eigenvalue weighted by Gasteiger charge is 2.17. The highest BCUT2D eigenvalue weighted by molar-refractivity contribution is 6.32. The lowest BCUT2D eigenvalue weighted by Gasteiger charge is -2.19. The van der Waals surface area contributed by atoms with Crippen molar-refractivity contribution in [2.45, 2.75) is 6.04 Å². The molecule has 0 aromatic heterocycles. The van der Waals surface area contributed by atoms with Crippen LogP contribution < -0.4 is 10.1 Å². The van der Waals surface area contributed by atoms with Gasteiger partial charge < -0.3 is 10.1 Å². The minimum Gasteiger partial charge on any atom is -0.495 e. The third kappa shape index (κ3) is 2.92. The van der Waals surface area contributed by atoms with Crippen molar-refractivity contribution >= 4 is 11.6 Å². The number of rotatable bonds is 4. The van der Waals surface area contributed by atoms with Crippen LogP contribution in [0.25, 0.3) is 0 Å². The zero-order valence-electron chi connectivity index (χ0n) is 11.1. The van der Waals surface area contributed by atoms with E-state index in [1.807, 2.05) is 0 Å². The summed E-state index contributed by atoms with van der Waals surface area (Å²) in [6.07, 6.45) is 0. The van der Waals surface area contributed by atoms with Gasteiger partial charge in [0, 0.05) is 11.6 Å². The maximum atomic E-state index is 13.9. The van der Waals surface area contributed by atoms with Crippen LogP contribution in [0.4, 0.5) is 8.78 Å². The van der Waals surface area contributed by atoms with Crippen LogP contribution in [0.2, 0.25) is 5.02 Å². The van der Waals surface area contributed by atoms with Crippen molar-refractivity contribution in [3.8, 4) is 5.75 Å². The molecule has 2 nitrogen and oxygen atoms in total. The zero-order valence-corrected chi connectivity index (χ0v) is 11.8. The number of halogens is 3. The Hall–Kier alpha value is -1.65. The molecule has 2 rings (SSSR count). The first-order chi connectivity index (χ1) is 9.56. The Balaban J connectivity index is 2.44. The van der Waals surface area contributed by atoms with E-state index >= 15 is 0 Å². The smallest absolute Gasteiger partial charge is 0.137 e. The van der Waals surface area contributed by atoms with Crippen LogP contribution in [0.15, 0.2) is 36.4 Å². The quantitative estimate of drug-likeness (QED) is 0.923. The van der Waals surface area contributed by atoms with Crippen LogP contribution in [0, 0.1) is 11.6 Å². The predicted octanol–water partition coefficient (Wildman–Crippen LogP) is 3.94. The van der Waals surface area contributed by atoms with Crippen molar-refractivity contribution in [3.63, 3.8) is 0 Å². The van der Waals surface area contributed by atoms with Gasteiger partial charge >= 0.3 is 0 Å². The molecule has 2 aromatic rings. The Bertz CT molecular complexity index is 619. The summed E-state index contributed by atoms with van der Waals surface area (Å²) in [6.45, 7) is 0. The Morgan fingerprint density at radius 1 is 1.15 bits per heavy atom. The summed E-state index contributed by atoms with van der Waals surface area (Å²) < 4.78 is 31.9. The summed E-state index contributed by atoms with van der Waals surface area (Å²) in [4.78, 5) is 0. The van der Waals surface area contributed by atoms with E-state index in [9.17, 15) is 8.78 Å². The molecule has 0 aliphatic carbocycles. The molecule has 5 heteroatoms. The van der Waals surface area contributed by atoms with E-state index in [0.717, 1.165) is 11.6 Å². The summed E-state index contributed by atoms with van der Waals surface area (Å²) in [5.41, 5.74) is 1.12. The second kappa shape index (κ2) is 6.20. The SMILES string of the molecule is CNC(c1ccc(OC)c(Cl)c1)c1ccc(F)cc1F. The molecule has 0 saturated heterocycles. The third-order valence-corrected chi connectivity index (χ3v) is 3.37. The van der Waals surface area contributed by atoms with Crippen LogP contribution in [-0.2, 0) is 0 Å². The van der Waals surface area contributed by atoms with E-state index in [-0.39, 0.29) is 0 Å². The second-order valence-corrected chi connectivity index (χ2v) is 4.69. The van der Waals surface area contributed by atoms with Gasteiger partial charge in [0.05, 0.1) is 18.2 Å². The number of ether oxygens (including phenoxy) is 1. The molecular formula is C15H14ClF2NO. The molecule has 0 aliphatic heterocycles. The topological polar surface area (TPSA) is 21.3 Å². The zero-order chi connectivity index (χ0) is 14.7. The molecule has 0 fully saturated rings. The number of methoxy groups -OCH3 is 1. The maximum absolute atomic E-state index is 13.9. The summed E-state index contributed by atoms with van der Waals surface area (Å²) in [7, 11) is 3.22. The Morgan fingerprint density at radius 2 is 1.90 bits per heavy atom. The van der Waals surface area contributed by atoms with Crippen LogP contribution in [0.5, 0.6) is 5.75 Å². The standard InChI is InChI=1S/C15H14ClF2NO/c1-19-15(11-5-4-10(17)8-13(11)18)9-3-6-14(20-2)12(16)7-9/h3-8,15,19H,1-2H3. The molecule has 1 atom stereocenters. The first kappa shape index (κ1) is 14.8. The van der Waals surface area contributed by atoms with Gasteiger partial charge in [-0.1, -0.05) is 23.7 Å². The Morgan fingerprint density at radius 3 is 2.45 bits per heavy atom. The number of nitrogens with one attached hydrogen (secondary N) is 1. The average molecular weight is 298 g/mol. The lowest BCUT2D eigenvalue weighted by atomic mass is 9.98. The van der Waals surface area contributed by atoms with Crippen LogP contribution in [0.3, 0.4) is 0 Å². The highest BCUT2D eigenvalue weighted by Crippen LogP contribution is 2.31. The number of hydrogen-bond donors (Lipinski definition) is 1. The molecule has 1 unspecified atom stereocenters. The molecule has 0 amide bonds. The van der Waals surface area contributed by atoms with Gasteiger partial charge in [-0.25, -0.2) is 8.78 Å². The van der Waals surface area contributed by atoms with Gasteiger partial charge in [0.15, 0.2) is 0 Å². The summed E-state index contributed by atoms with van der Waals surface area (Å²) in [5.74, 6) is -0.657. The van der Waals surface area contributed by atoms with Gasteiger partial charge in [-0.2, -0.15) is 0 Å². The van der Waals surface area contributed by atoms with Crippen LogP contribution >= 0.6 is 11.6 Å². The first-order valence-corrected chi connectivity index (χ1v) is 6.40. The van der Waals surface area contributed by atoms with Crippen molar-refractivity contribution in [2.24, 2.45) is 0 Å². The average Bonchev–Trinajstić information content (AvgIpc) is 2.42. The molecule has 106 valence electrons. The van der Waals surface area contributed by atoms with Crippen molar-refractivity contribution in [3.05, 3.63) is 64.2 Å². The van der Waals surface area contributed by atoms with Crippen molar-refractivity contribution in [1.82, 2.24) is 5.32 Å². The second-order valence-electron chi connectivity index (χ2n) is 4.28. The minimum absolute atomic E-state index is 0.357. The van der Waals surface area contributed by atoms with E-state index in [1.165, 1.54) is 19.2 Å². The van der Waals surface area contributed by atoms with Crippen LogP contribution in [-0.4, -0.2) is 14.2 Å².